The van der Waals surface area contributed by atoms with Crippen molar-refractivity contribution in [2.45, 2.75) is 52.2 Å². The van der Waals surface area contributed by atoms with E-state index in [1.54, 1.807) is 6.20 Å². The summed E-state index contributed by atoms with van der Waals surface area (Å²) in [5.41, 5.74) is 5.88. The molecule has 1 heterocycles. The number of aromatic nitrogens is 2. The van der Waals surface area contributed by atoms with Gasteiger partial charge in [0.05, 0.1) is 11.7 Å². The molecule has 1 atom stereocenters. The fraction of sp³-hybridized carbons (Fsp3) is 0.667. The summed E-state index contributed by atoms with van der Waals surface area (Å²) >= 11 is 0. The molecule has 0 aromatic carbocycles. The number of hydrogen-bond donors (Lipinski definition) is 2. The number of nitrogens with two attached hydrogens (primary N) is 1. The van der Waals surface area contributed by atoms with Gasteiger partial charge >= 0.3 is 0 Å². The molecule has 1 amide bonds. The lowest BCUT2D eigenvalue weighted by molar-refractivity contribution is -0.124. The predicted molar refractivity (Wildman–Crippen MR) is 67.5 cm³/mol. The minimum atomic E-state index is -0.686. The molecule has 0 spiro atoms. The quantitative estimate of drug-likeness (QED) is 0.770. The molecule has 0 saturated heterocycles. The van der Waals surface area contributed by atoms with Crippen LogP contribution in [-0.4, -0.2) is 27.3 Å². The van der Waals surface area contributed by atoms with Gasteiger partial charge in [0, 0.05) is 18.8 Å². The Kier molecular flexibility index (Phi) is 4.28. The minimum Gasteiger partial charge on any atom is -0.368 e. The van der Waals surface area contributed by atoms with Crippen LogP contribution >= 0.6 is 0 Å². The maximum Gasteiger partial charge on any atom is 0.237 e. The van der Waals surface area contributed by atoms with Gasteiger partial charge < -0.3 is 11.1 Å². The number of rotatable bonds is 6. The molecule has 3 N–H and O–H groups in total. The van der Waals surface area contributed by atoms with E-state index in [0.29, 0.717) is 13.0 Å². The first-order chi connectivity index (χ1) is 7.83. The highest BCUT2D eigenvalue weighted by molar-refractivity contribution is 5.84. The average Bonchev–Trinajstić information content (AvgIpc) is 2.60. The molecule has 0 aliphatic carbocycles. The Labute approximate surface area is 102 Å². The molecular formula is C12H22N4O. The molecule has 1 unspecified atom stereocenters. The second-order valence-corrected chi connectivity index (χ2v) is 5.03. The molecule has 5 heteroatoms. The third kappa shape index (κ3) is 3.85. The van der Waals surface area contributed by atoms with Crippen LogP contribution in [0.5, 0.6) is 0 Å². The van der Waals surface area contributed by atoms with Crippen LogP contribution in [0.2, 0.25) is 0 Å². The van der Waals surface area contributed by atoms with Crippen molar-refractivity contribution in [3.05, 3.63) is 18.0 Å². The van der Waals surface area contributed by atoms with Crippen LogP contribution in [0.1, 0.15) is 32.8 Å². The van der Waals surface area contributed by atoms with Crippen molar-refractivity contribution in [1.29, 1.82) is 0 Å². The number of carbonyl (C=O) groups is 1. The zero-order valence-electron chi connectivity index (χ0n) is 11.0. The van der Waals surface area contributed by atoms with Crippen molar-refractivity contribution in [3.8, 4) is 0 Å². The van der Waals surface area contributed by atoms with Gasteiger partial charge in [-0.25, -0.2) is 0 Å². The summed E-state index contributed by atoms with van der Waals surface area (Å²) in [7, 11) is 0. The van der Waals surface area contributed by atoms with Gasteiger partial charge in [-0.15, -0.1) is 0 Å². The van der Waals surface area contributed by atoms with Crippen LogP contribution in [0.25, 0.3) is 0 Å². The summed E-state index contributed by atoms with van der Waals surface area (Å²) in [5, 5.41) is 7.41. The number of primary amides is 1. The standard InChI is InChI=1S/C12H22N4O/c1-9(2)15-12(4,11(13)17)5-6-16-8-10(3)7-14-16/h7-9,15H,5-6H2,1-4H3,(H2,13,17). The zero-order chi connectivity index (χ0) is 13.1. The first kappa shape index (κ1) is 13.7. The number of aryl methyl sites for hydroxylation is 2. The summed E-state index contributed by atoms with van der Waals surface area (Å²) in [6, 6.07) is 0.215. The normalized spacial score (nSPS) is 14.9. The zero-order valence-corrected chi connectivity index (χ0v) is 11.0. The summed E-state index contributed by atoms with van der Waals surface area (Å²) in [5.74, 6) is -0.324. The number of nitrogens with zero attached hydrogens (tertiary/aromatic N) is 2. The molecule has 0 bridgehead atoms. The van der Waals surface area contributed by atoms with E-state index in [2.05, 4.69) is 10.4 Å². The van der Waals surface area contributed by atoms with Gasteiger partial charge in [-0.05, 0) is 39.7 Å². The lowest BCUT2D eigenvalue weighted by Crippen LogP contribution is -2.55. The van der Waals surface area contributed by atoms with Crippen molar-refractivity contribution in [2.75, 3.05) is 0 Å². The van der Waals surface area contributed by atoms with Gasteiger partial charge in [0.1, 0.15) is 0 Å². The third-order valence-electron chi connectivity index (χ3n) is 2.75. The van der Waals surface area contributed by atoms with E-state index in [4.69, 9.17) is 5.73 Å². The topological polar surface area (TPSA) is 72.9 Å². The molecule has 0 fully saturated rings. The van der Waals surface area contributed by atoms with Crippen molar-refractivity contribution in [3.63, 3.8) is 0 Å². The minimum absolute atomic E-state index is 0.215. The molecular weight excluding hydrogens is 216 g/mol. The Balaban J connectivity index is 2.64. The highest BCUT2D eigenvalue weighted by atomic mass is 16.1. The van der Waals surface area contributed by atoms with E-state index in [1.807, 2.05) is 38.6 Å². The van der Waals surface area contributed by atoms with Crippen LogP contribution < -0.4 is 11.1 Å². The third-order valence-corrected chi connectivity index (χ3v) is 2.75. The monoisotopic (exact) mass is 238 g/mol. The Morgan fingerprint density at radius 2 is 2.29 bits per heavy atom. The van der Waals surface area contributed by atoms with Gasteiger partial charge in [-0.1, -0.05) is 0 Å². The van der Waals surface area contributed by atoms with Gasteiger partial charge in [-0.2, -0.15) is 5.10 Å². The van der Waals surface area contributed by atoms with Gasteiger partial charge in [0.15, 0.2) is 0 Å². The van der Waals surface area contributed by atoms with Gasteiger partial charge in [0.25, 0.3) is 0 Å². The molecule has 0 aliphatic rings. The lowest BCUT2D eigenvalue weighted by atomic mass is 9.96. The van der Waals surface area contributed by atoms with Crippen LogP contribution in [0, 0.1) is 6.92 Å². The van der Waals surface area contributed by atoms with Crippen molar-refractivity contribution < 1.29 is 4.79 Å². The maximum atomic E-state index is 11.5. The van der Waals surface area contributed by atoms with E-state index >= 15 is 0 Å². The Hall–Kier alpha value is -1.36. The number of hydrogen-bond acceptors (Lipinski definition) is 3. The summed E-state index contributed by atoms with van der Waals surface area (Å²) in [4.78, 5) is 11.5. The van der Waals surface area contributed by atoms with E-state index in [1.165, 1.54) is 0 Å². The second kappa shape index (κ2) is 5.31. The molecule has 0 radical (unpaired) electrons. The first-order valence-electron chi connectivity index (χ1n) is 5.90. The van der Waals surface area contributed by atoms with E-state index in [9.17, 15) is 4.79 Å². The summed E-state index contributed by atoms with van der Waals surface area (Å²) in [6.45, 7) is 8.50. The average molecular weight is 238 g/mol. The molecule has 5 nitrogen and oxygen atoms in total. The van der Waals surface area contributed by atoms with Gasteiger partial charge in [0.2, 0.25) is 5.91 Å². The predicted octanol–water partition coefficient (Wildman–Crippen LogP) is 0.824. The molecule has 0 aliphatic heterocycles. The number of amides is 1. The Bertz CT molecular complexity index is 386. The van der Waals surface area contributed by atoms with Crippen LogP contribution in [0.4, 0.5) is 0 Å². The summed E-state index contributed by atoms with van der Waals surface area (Å²) < 4.78 is 1.83. The fourth-order valence-electron chi connectivity index (χ4n) is 1.83. The van der Waals surface area contributed by atoms with E-state index in [0.717, 1.165) is 5.56 Å². The van der Waals surface area contributed by atoms with Crippen LogP contribution in [0.15, 0.2) is 12.4 Å². The summed E-state index contributed by atoms with van der Waals surface area (Å²) in [6.07, 6.45) is 4.38. The smallest absolute Gasteiger partial charge is 0.237 e. The maximum absolute atomic E-state index is 11.5. The molecule has 1 rings (SSSR count). The lowest BCUT2D eigenvalue weighted by Gasteiger charge is -2.29. The molecule has 96 valence electrons. The van der Waals surface area contributed by atoms with Crippen molar-refractivity contribution >= 4 is 5.91 Å². The Morgan fingerprint density at radius 3 is 2.71 bits per heavy atom. The van der Waals surface area contributed by atoms with E-state index < -0.39 is 5.54 Å². The SMILES string of the molecule is Cc1cnn(CCC(C)(NC(C)C)C(N)=O)c1. The molecule has 1 aromatic rings. The molecule has 17 heavy (non-hydrogen) atoms. The fourth-order valence-corrected chi connectivity index (χ4v) is 1.83. The number of nitrogens with one attached hydrogen (secondary N) is 1. The van der Waals surface area contributed by atoms with E-state index in [-0.39, 0.29) is 11.9 Å². The Morgan fingerprint density at radius 1 is 1.65 bits per heavy atom. The van der Waals surface area contributed by atoms with Crippen LogP contribution in [0.3, 0.4) is 0 Å². The first-order valence-corrected chi connectivity index (χ1v) is 5.90. The van der Waals surface area contributed by atoms with Crippen LogP contribution in [-0.2, 0) is 11.3 Å². The highest BCUT2D eigenvalue weighted by Crippen LogP contribution is 2.12. The molecule has 0 saturated carbocycles. The molecule has 1 aromatic heterocycles. The largest absolute Gasteiger partial charge is 0.368 e. The van der Waals surface area contributed by atoms with Crippen molar-refractivity contribution in [1.82, 2.24) is 15.1 Å². The second-order valence-electron chi connectivity index (χ2n) is 5.03. The number of carbonyl (C=O) groups excluding carboxylic acids is 1. The highest BCUT2D eigenvalue weighted by Gasteiger charge is 2.31. The van der Waals surface area contributed by atoms with Gasteiger partial charge in [-0.3, -0.25) is 9.48 Å². The van der Waals surface area contributed by atoms with Crippen molar-refractivity contribution in [2.24, 2.45) is 5.73 Å².